The molecule has 0 aromatic carbocycles. The minimum absolute atomic E-state index is 0.187. The van der Waals surface area contributed by atoms with Crippen molar-refractivity contribution in [3.63, 3.8) is 0 Å². The Morgan fingerprint density at radius 1 is 1.50 bits per heavy atom. The highest BCUT2D eigenvalue weighted by atomic mass is 16.5. The number of likely N-dealkylation sites (tertiary alicyclic amines) is 1. The molecule has 1 aliphatic rings. The number of hydrogen-bond acceptors (Lipinski definition) is 3. The van der Waals surface area contributed by atoms with Crippen LogP contribution in [0.25, 0.3) is 0 Å². The van der Waals surface area contributed by atoms with E-state index >= 15 is 0 Å². The van der Waals surface area contributed by atoms with Gasteiger partial charge in [0.05, 0.1) is 7.11 Å². The second kappa shape index (κ2) is 4.17. The molecular weight excluding hydrogens is 180 g/mol. The summed E-state index contributed by atoms with van der Waals surface area (Å²) in [6, 6.07) is 0.238. The first kappa shape index (κ1) is 11.3. The molecule has 82 valence electrons. The van der Waals surface area contributed by atoms with Crippen LogP contribution in [0.3, 0.4) is 0 Å². The van der Waals surface area contributed by atoms with Gasteiger partial charge in [-0.05, 0) is 27.2 Å². The topological polar surface area (TPSA) is 41.6 Å². The van der Waals surface area contributed by atoms with Crippen LogP contribution < -0.4 is 5.32 Å². The maximum absolute atomic E-state index is 11.0. The zero-order valence-corrected chi connectivity index (χ0v) is 9.46. The fourth-order valence-electron chi connectivity index (χ4n) is 1.71. The van der Waals surface area contributed by atoms with E-state index in [0.717, 1.165) is 19.5 Å². The zero-order chi connectivity index (χ0) is 10.8. The van der Waals surface area contributed by atoms with Gasteiger partial charge < -0.3 is 10.1 Å². The fourth-order valence-corrected chi connectivity index (χ4v) is 1.71. The molecule has 0 saturated carbocycles. The van der Waals surface area contributed by atoms with E-state index in [0.29, 0.717) is 0 Å². The highest BCUT2D eigenvalue weighted by Crippen LogP contribution is 2.20. The molecule has 0 aliphatic carbocycles. The van der Waals surface area contributed by atoms with Crippen LogP contribution in [0.5, 0.6) is 0 Å². The van der Waals surface area contributed by atoms with Gasteiger partial charge in [-0.3, -0.25) is 4.90 Å². The maximum Gasteiger partial charge on any atom is 0.407 e. The Balaban J connectivity index is 2.38. The van der Waals surface area contributed by atoms with Crippen LogP contribution in [0.4, 0.5) is 4.79 Å². The summed E-state index contributed by atoms with van der Waals surface area (Å²) in [6.45, 7) is 8.52. The van der Waals surface area contributed by atoms with Gasteiger partial charge in [-0.15, -0.1) is 0 Å². The molecule has 1 aliphatic heterocycles. The Morgan fingerprint density at radius 3 is 2.57 bits per heavy atom. The molecule has 1 heterocycles. The van der Waals surface area contributed by atoms with Crippen LogP contribution in [0.1, 0.15) is 27.2 Å². The largest absolute Gasteiger partial charge is 0.453 e. The number of nitrogens with one attached hydrogen (secondary N) is 1. The summed E-state index contributed by atoms with van der Waals surface area (Å²) in [5.41, 5.74) is 0.187. The third-order valence-electron chi connectivity index (χ3n) is 2.64. The predicted molar refractivity (Wildman–Crippen MR) is 55.3 cm³/mol. The Labute approximate surface area is 85.6 Å². The van der Waals surface area contributed by atoms with Crippen molar-refractivity contribution in [2.45, 2.75) is 38.8 Å². The quantitative estimate of drug-likeness (QED) is 0.692. The lowest BCUT2D eigenvalue weighted by Crippen LogP contribution is -2.43. The molecule has 0 spiro atoms. The van der Waals surface area contributed by atoms with Crippen molar-refractivity contribution >= 4 is 6.09 Å². The Bertz CT molecular complexity index is 211. The molecule has 1 N–H and O–H groups in total. The van der Waals surface area contributed by atoms with Gasteiger partial charge in [-0.1, -0.05) is 0 Å². The van der Waals surface area contributed by atoms with Gasteiger partial charge in [0.1, 0.15) is 0 Å². The van der Waals surface area contributed by atoms with Crippen molar-refractivity contribution in [3.8, 4) is 0 Å². The van der Waals surface area contributed by atoms with E-state index in [1.807, 2.05) is 0 Å². The minimum Gasteiger partial charge on any atom is -0.453 e. The third kappa shape index (κ3) is 2.87. The van der Waals surface area contributed by atoms with E-state index in [2.05, 4.69) is 35.7 Å². The first-order valence-electron chi connectivity index (χ1n) is 5.03. The molecule has 0 aromatic heterocycles. The third-order valence-corrected chi connectivity index (χ3v) is 2.64. The molecule has 0 radical (unpaired) electrons. The second-order valence-electron chi connectivity index (χ2n) is 4.74. The van der Waals surface area contributed by atoms with E-state index in [4.69, 9.17) is 0 Å². The zero-order valence-electron chi connectivity index (χ0n) is 9.46. The summed E-state index contributed by atoms with van der Waals surface area (Å²) in [5, 5.41) is 2.83. The van der Waals surface area contributed by atoms with Gasteiger partial charge in [0.2, 0.25) is 0 Å². The van der Waals surface area contributed by atoms with E-state index in [1.54, 1.807) is 0 Å². The second-order valence-corrected chi connectivity index (χ2v) is 4.74. The molecule has 4 heteroatoms. The van der Waals surface area contributed by atoms with E-state index in [9.17, 15) is 4.79 Å². The number of hydrogen-bond donors (Lipinski definition) is 1. The highest BCUT2D eigenvalue weighted by Gasteiger charge is 2.30. The van der Waals surface area contributed by atoms with E-state index < -0.39 is 0 Å². The molecule has 1 saturated heterocycles. The predicted octanol–water partition coefficient (Wildman–Crippen LogP) is 1.22. The molecule has 1 rings (SSSR count). The van der Waals surface area contributed by atoms with Crippen molar-refractivity contribution in [1.82, 2.24) is 10.2 Å². The smallest absolute Gasteiger partial charge is 0.407 e. The van der Waals surface area contributed by atoms with Crippen LogP contribution in [0.2, 0.25) is 0 Å². The van der Waals surface area contributed by atoms with Crippen LogP contribution in [-0.2, 0) is 4.74 Å². The normalized spacial score (nSPS) is 23.6. The van der Waals surface area contributed by atoms with Crippen LogP contribution in [-0.4, -0.2) is 42.8 Å². The first-order valence-corrected chi connectivity index (χ1v) is 5.03. The summed E-state index contributed by atoms with van der Waals surface area (Å²) in [5.74, 6) is 0. The van der Waals surface area contributed by atoms with Gasteiger partial charge in [-0.2, -0.15) is 0 Å². The lowest BCUT2D eigenvalue weighted by Gasteiger charge is -2.31. The molecule has 0 aromatic rings. The molecule has 1 unspecified atom stereocenters. The molecule has 1 amide bonds. The Hall–Kier alpha value is -0.770. The van der Waals surface area contributed by atoms with Crippen molar-refractivity contribution in [1.29, 1.82) is 0 Å². The maximum atomic E-state index is 11.0. The van der Waals surface area contributed by atoms with Crippen molar-refractivity contribution in [2.75, 3.05) is 20.2 Å². The molecule has 14 heavy (non-hydrogen) atoms. The van der Waals surface area contributed by atoms with Crippen LogP contribution >= 0.6 is 0 Å². The number of carbonyl (C=O) groups excluding carboxylic acids is 1. The Morgan fingerprint density at radius 2 is 2.14 bits per heavy atom. The first-order chi connectivity index (χ1) is 6.43. The average Bonchev–Trinajstić information content (AvgIpc) is 2.51. The van der Waals surface area contributed by atoms with Crippen molar-refractivity contribution in [3.05, 3.63) is 0 Å². The molecule has 0 bridgehead atoms. The molecule has 1 atom stereocenters. The molecule has 1 fully saturated rings. The summed E-state index contributed by atoms with van der Waals surface area (Å²) in [4.78, 5) is 13.3. The minimum atomic E-state index is -0.328. The van der Waals surface area contributed by atoms with Crippen LogP contribution in [0.15, 0.2) is 0 Å². The average molecular weight is 200 g/mol. The highest BCUT2D eigenvalue weighted by molar-refractivity contribution is 5.67. The lowest BCUT2D eigenvalue weighted by atomic mass is 10.1. The molecular formula is C10H20N2O2. The number of ether oxygens (including phenoxy) is 1. The number of nitrogens with zero attached hydrogens (tertiary/aromatic N) is 1. The standard InChI is InChI=1S/C10H20N2O2/c1-10(2,3)12-6-5-8(7-12)11-9(13)14-4/h8H,5-7H2,1-4H3,(H,11,13). The summed E-state index contributed by atoms with van der Waals surface area (Å²) >= 11 is 0. The summed E-state index contributed by atoms with van der Waals surface area (Å²) in [7, 11) is 1.39. The van der Waals surface area contributed by atoms with E-state index in [-0.39, 0.29) is 17.7 Å². The van der Waals surface area contributed by atoms with Gasteiger partial charge in [-0.25, -0.2) is 4.79 Å². The van der Waals surface area contributed by atoms with Gasteiger partial charge in [0.25, 0.3) is 0 Å². The number of alkyl carbamates (subject to hydrolysis) is 1. The fraction of sp³-hybridized carbons (Fsp3) is 0.900. The van der Waals surface area contributed by atoms with Gasteiger partial charge in [0, 0.05) is 24.7 Å². The number of methoxy groups -OCH3 is 1. The Kier molecular flexibility index (Phi) is 3.37. The van der Waals surface area contributed by atoms with Crippen molar-refractivity contribution in [2.24, 2.45) is 0 Å². The number of amides is 1. The van der Waals surface area contributed by atoms with Crippen LogP contribution in [0, 0.1) is 0 Å². The number of rotatable bonds is 1. The monoisotopic (exact) mass is 200 g/mol. The lowest BCUT2D eigenvalue weighted by molar-refractivity contribution is 0.156. The van der Waals surface area contributed by atoms with Crippen molar-refractivity contribution < 1.29 is 9.53 Å². The molecule has 4 nitrogen and oxygen atoms in total. The summed E-state index contributed by atoms with van der Waals surface area (Å²) < 4.78 is 4.56. The SMILES string of the molecule is COC(=O)NC1CCN(C(C)(C)C)C1. The number of carbonyl (C=O) groups is 1. The van der Waals surface area contributed by atoms with Gasteiger partial charge in [0.15, 0.2) is 0 Å². The van der Waals surface area contributed by atoms with E-state index in [1.165, 1.54) is 7.11 Å². The van der Waals surface area contributed by atoms with Gasteiger partial charge >= 0.3 is 6.09 Å². The summed E-state index contributed by atoms with van der Waals surface area (Å²) in [6.07, 6.45) is 0.678.